The van der Waals surface area contributed by atoms with Crippen LogP contribution >= 0.6 is 0 Å². The standard InChI is InChI=1S/C31H26FN7O2/c1-2-41-31-34-27-9-5-8-26(30(40)33-18-20-12-16-23(32)17-13-20)28(27)39(31)19-21-10-14-22(15-11-21)24-6-3-4-7-25(24)29-35-37-38-36-29/h3-17H,2,18-19H2,1H3,(H,33,40)(H,35,36,37,38). The van der Waals surface area contributed by atoms with Gasteiger partial charge in [-0.05, 0) is 58.7 Å². The molecule has 41 heavy (non-hydrogen) atoms. The number of para-hydroxylation sites is 1. The Labute approximate surface area is 235 Å². The van der Waals surface area contributed by atoms with E-state index in [-0.39, 0.29) is 18.3 Å². The number of amides is 1. The zero-order chi connectivity index (χ0) is 28.2. The maximum atomic E-state index is 13.3. The first-order chi connectivity index (χ1) is 20.1. The van der Waals surface area contributed by atoms with E-state index >= 15 is 0 Å². The summed E-state index contributed by atoms with van der Waals surface area (Å²) in [6.45, 7) is 3.05. The van der Waals surface area contributed by atoms with E-state index < -0.39 is 0 Å². The monoisotopic (exact) mass is 547 g/mol. The van der Waals surface area contributed by atoms with Crippen molar-refractivity contribution in [1.29, 1.82) is 0 Å². The van der Waals surface area contributed by atoms with Crippen LogP contribution < -0.4 is 10.1 Å². The van der Waals surface area contributed by atoms with E-state index in [2.05, 4.69) is 30.9 Å². The van der Waals surface area contributed by atoms with Crippen LogP contribution in [0.3, 0.4) is 0 Å². The lowest BCUT2D eigenvalue weighted by Gasteiger charge is -2.13. The van der Waals surface area contributed by atoms with Crippen molar-refractivity contribution in [1.82, 2.24) is 35.5 Å². The van der Waals surface area contributed by atoms with Crippen LogP contribution in [0.25, 0.3) is 33.5 Å². The number of imidazole rings is 1. The fourth-order valence-corrected chi connectivity index (χ4v) is 4.79. The summed E-state index contributed by atoms with van der Waals surface area (Å²) in [6, 6.07) is 28.0. The van der Waals surface area contributed by atoms with Crippen LogP contribution in [0.15, 0.2) is 91.0 Å². The van der Waals surface area contributed by atoms with Gasteiger partial charge in [0.1, 0.15) is 5.82 Å². The summed E-state index contributed by atoms with van der Waals surface area (Å²) < 4.78 is 21.1. The van der Waals surface area contributed by atoms with Gasteiger partial charge in [0.25, 0.3) is 11.9 Å². The van der Waals surface area contributed by atoms with Crippen molar-refractivity contribution < 1.29 is 13.9 Å². The summed E-state index contributed by atoms with van der Waals surface area (Å²) >= 11 is 0. The molecule has 204 valence electrons. The SMILES string of the molecule is CCOc1nc2cccc(C(=O)NCc3ccc(F)cc3)c2n1Cc1ccc(-c2ccccc2-c2nn[nH]n2)cc1. The van der Waals surface area contributed by atoms with Gasteiger partial charge in [-0.25, -0.2) is 4.39 Å². The van der Waals surface area contributed by atoms with Crippen molar-refractivity contribution in [2.45, 2.75) is 20.0 Å². The van der Waals surface area contributed by atoms with Crippen molar-refractivity contribution in [3.05, 3.63) is 114 Å². The predicted octanol–water partition coefficient (Wildman–Crippen LogP) is 5.40. The summed E-state index contributed by atoms with van der Waals surface area (Å²) in [7, 11) is 0. The highest BCUT2D eigenvalue weighted by molar-refractivity contribution is 6.05. The van der Waals surface area contributed by atoms with Gasteiger partial charge in [-0.15, -0.1) is 10.2 Å². The van der Waals surface area contributed by atoms with Crippen molar-refractivity contribution in [3.63, 3.8) is 0 Å². The van der Waals surface area contributed by atoms with E-state index in [0.29, 0.717) is 41.6 Å². The number of nitrogens with zero attached hydrogens (tertiary/aromatic N) is 5. The molecule has 1 amide bonds. The number of ether oxygens (including phenoxy) is 1. The van der Waals surface area contributed by atoms with Gasteiger partial charge in [-0.2, -0.15) is 10.2 Å². The molecule has 2 heterocycles. The average Bonchev–Trinajstić information content (AvgIpc) is 3.66. The van der Waals surface area contributed by atoms with Crippen molar-refractivity contribution in [2.75, 3.05) is 6.61 Å². The van der Waals surface area contributed by atoms with E-state index in [1.807, 2.05) is 66.1 Å². The molecular weight excluding hydrogens is 521 g/mol. The van der Waals surface area contributed by atoms with E-state index in [1.165, 1.54) is 12.1 Å². The largest absolute Gasteiger partial charge is 0.465 e. The van der Waals surface area contributed by atoms with Crippen LogP contribution in [0.2, 0.25) is 0 Å². The number of aromatic nitrogens is 6. The predicted molar refractivity (Wildman–Crippen MR) is 153 cm³/mol. The Morgan fingerprint density at radius 2 is 1.68 bits per heavy atom. The normalized spacial score (nSPS) is 11.1. The zero-order valence-corrected chi connectivity index (χ0v) is 22.2. The van der Waals surface area contributed by atoms with Crippen molar-refractivity contribution in [3.8, 4) is 28.5 Å². The third-order valence-corrected chi connectivity index (χ3v) is 6.73. The summed E-state index contributed by atoms with van der Waals surface area (Å²) in [4.78, 5) is 18.0. The number of H-pyrrole nitrogens is 1. The molecular formula is C31H26FN7O2. The van der Waals surface area contributed by atoms with E-state index in [0.717, 1.165) is 27.8 Å². The van der Waals surface area contributed by atoms with Gasteiger partial charge >= 0.3 is 0 Å². The Kier molecular flexibility index (Phi) is 7.19. The van der Waals surface area contributed by atoms with Gasteiger partial charge in [0.2, 0.25) is 5.82 Å². The lowest BCUT2D eigenvalue weighted by molar-refractivity contribution is 0.0952. The molecule has 0 unspecified atom stereocenters. The highest BCUT2D eigenvalue weighted by Crippen LogP contribution is 2.31. The van der Waals surface area contributed by atoms with Crippen LogP contribution in [0.1, 0.15) is 28.4 Å². The summed E-state index contributed by atoms with van der Waals surface area (Å²) in [5.74, 6) is -0.0416. The molecule has 0 radical (unpaired) electrons. The number of benzene rings is 4. The molecule has 0 aliphatic heterocycles. The molecule has 6 aromatic rings. The maximum Gasteiger partial charge on any atom is 0.297 e. The Balaban J connectivity index is 1.30. The van der Waals surface area contributed by atoms with Crippen LogP contribution in [0.4, 0.5) is 4.39 Å². The molecule has 0 fully saturated rings. The van der Waals surface area contributed by atoms with Gasteiger partial charge in [-0.3, -0.25) is 9.36 Å². The van der Waals surface area contributed by atoms with Gasteiger partial charge in [0.15, 0.2) is 0 Å². The van der Waals surface area contributed by atoms with E-state index in [1.54, 1.807) is 24.3 Å². The first-order valence-corrected chi connectivity index (χ1v) is 13.2. The van der Waals surface area contributed by atoms with Crippen LogP contribution in [0.5, 0.6) is 6.01 Å². The second-order valence-corrected chi connectivity index (χ2v) is 9.37. The molecule has 6 rings (SSSR count). The lowest BCUT2D eigenvalue weighted by Crippen LogP contribution is -2.23. The van der Waals surface area contributed by atoms with Crippen LogP contribution in [-0.4, -0.2) is 42.7 Å². The first kappa shape index (κ1) is 25.9. The molecule has 0 bridgehead atoms. The number of nitrogens with one attached hydrogen (secondary N) is 2. The Hall–Kier alpha value is -5.38. The minimum atomic E-state index is -0.318. The number of fused-ring (bicyclic) bond motifs is 1. The molecule has 0 saturated heterocycles. The minimum absolute atomic E-state index is 0.252. The second kappa shape index (κ2) is 11.4. The Morgan fingerprint density at radius 1 is 0.927 bits per heavy atom. The van der Waals surface area contributed by atoms with Gasteiger partial charge in [0, 0.05) is 12.1 Å². The second-order valence-electron chi connectivity index (χ2n) is 9.37. The average molecular weight is 548 g/mol. The molecule has 9 nitrogen and oxygen atoms in total. The number of carbonyl (C=O) groups excluding carboxylic acids is 1. The van der Waals surface area contributed by atoms with Crippen LogP contribution in [-0.2, 0) is 13.1 Å². The minimum Gasteiger partial charge on any atom is -0.465 e. The summed E-state index contributed by atoms with van der Waals surface area (Å²) in [5.41, 5.74) is 6.51. The molecule has 4 aromatic carbocycles. The molecule has 0 aliphatic carbocycles. The fraction of sp³-hybridized carbons (Fsp3) is 0.129. The van der Waals surface area contributed by atoms with Gasteiger partial charge < -0.3 is 10.1 Å². The van der Waals surface area contributed by atoms with Crippen molar-refractivity contribution in [2.24, 2.45) is 0 Å². The summed E-state index contributed by atoms with van der Waals surface area (Å²) in [6.07, 6.45) is 0. The number of rotatable bonds is 9. The highest BCUT2D eigenvalue weighted by Gasteiger charge is 2.20. The third-order valence-electron chi connectivity index (χ3n) is 6.73. The van der Waals surface area contributed by atoms with Crippen LogP contribution in [0, 0.1) is 5.82 Å². The molecule has 0 atom stereocenters. The fourth-order valence-electron chi connectivity index (χ4n) is 4.79. The number of hydrogen-bond donors (Lipinski definition) is 2. The Morgan fingerprint density at radius 3 is 2.41 bits per heavy atom. The molecule has 0 saturated carbocycles. The van der Waals surface area contributed by atoms with E-state index in [4.69, 9.17) is 4.74 Å². The number of halogens is 1. The molecule has 0 aliphatic rings. The lowest BCUT2D eigenvalue weighted by atomic mass is 9.98. The molecule has 10 heteroatoms. The number of tetrazole rings is 1. The number of hydrogen-bond acceptors (Lipinski definition) is 6. The maximum absolute atomic E-state index is 13.3. The first-order valence-electron chi connectivity index (χ1n) is 13.2. The Bertz CT molecular complexity index is 1800. The van der Waals surface area contributed by atoms with Crippen molar-refractivity contribution >= 4 is 16.9 Å². The zero-order valence-electron chi connectivity index (χ0n) is 22.2. The topological polar surface area (TPSA) is 111 Å². The summed E-state index contributed by atoms with van der Waals surface area (Å²) in [5, 5.41) is 17.4. The number of carbonyl (C=O) groups is 1. The van der Waals surface area contributed by atoms with Gasteiger partial charge in [-0.1, -0.05) is 66.7 Å². The van der Waals surface area contributed by atoms with Gasteiger partial charge in [0.05, 0.1) is 29.7 Å². The molecule has 0 spiro atoms. The quantitative estimate of drug-likeness (QED) is 0.251. The highest BCUT2D eigenvalue weighted by atomic mass is 19.1. The van der Waals surface area contributed by atoms with E-state index in [9.17, 15) is 9.18 Å². The molecule has 2 N–H and O–H groups in total. The smallest absolute Gasteiger partial charge is 0.297 e. The third kappa shape index (κ3) is 5.40. The molecule has 2 aromatic heterocycles. The number of aromatic amines is 1.